The number of hydrogen-bond acceptors (Lipinski definition) is 3. The van der Waals surface area contributed by atoms with E-state index >= 15 is 0 Å². The second kappa shape index (κ2) is 6.36. The number of nitriles is 1. The third-order valence-electron chi connectivity index (χ3n) is 3.45. The molecule has 3 aromatic rings. The van der Waals surface area contributed by atoms with E-state index in [1.165, 1.54) is 24.3 Å². The van der Waals surface area contributed by atoms with Crippen LogP contribution in [0, 0.1) is 23.0 Å². The van der Waals surface area contributed by atoms with Crippen LogP contribution < -0.4 is 0 Å². The first-order valence-corrected chi connectivity index (χ1v) is 6.97. The Morgan fingerprint density at radius 3 is 2.48 bits per heavy atom. The molecule has 6 heteroatoms. The molecule has 23 heavy (non-hydrogen) atoms. The Balaban J connectivity index is 1.91. The minimum absolute atomic E-state index is 0.214. The molecule has 3 rings (SSSR count). The molecule has 0 aliphatic heterocycles. The molecule has 1 heterocycles. The first-order valence-electron chi connectivity index (χ1n) is 6.97. The van der Waals surface area contributed by atoms with E-state index in [1.807, 2.05) is 6.07 Å². The number of benzene rings is 2. The van der Waals surface area contributed by atoms with Crippen LogP contribution in [-0.4, -0.2) is 15.0 Å². The Labute approximate surface area is 131 Å². The molecule has 0 aliphatic rings. The highest BCUT2D eigenvalue weighted by Crippen LogP contribution is 2.15. The van der Waals surface area contributed by atoms with Gasteiger partial charge in [-0.1, -0.05) is 29.5 Å². The van der Waals surface area contributed by atoms with Crippen LogP contribution in [0.1, 0.15) is 22.5 Å². The lowest BCUT2D eigenvalue weighted by atomic mass is 10.1. The van der Waals surface area contributed by atoms with Gasteiger partial charge in [-0.05, 0) is 35.4 Å². The first kappa shape index (κ1) is 14.9. The summed E-state index contributed by atoms with van der Waals surface area (Å²) in [6, 6.07) is 14.2. The molecule has 0 unspecified atom stereocenters. The van der Waals surface area contributed by atoms with Crippen molar-refractivity contribution in [2.75, 3.05) is 0 Å². The lowest BCUT2D eigenvalue weighted by Gasteiger charge is -2.07. The van der Waals surface area contributed by atoms with Crippen LogP contribution in [0.15, 0.2) is 48.5 Å². The monoisotopic (exact) mass is 310 g/mol. The number of rotatable bonds is 4. The zero-order chi connectivity index (χ0) is 16.2. The smallest absolute Gasteiger partial charge is 0.186 e. The third kappa shape index (κ3) is 3.40. The predicted octanol–water partition coefficient (Wildman–Crippen LogP) is 3.07. The molecule has 0 atom stereocenters. The summed E-state index contributed by atoms with van der Waals surface area (Å²) in [5.41, 5.74) is 2.39. The Kier molecular flexibility index (Phi) is 4.11. The number of halogens is 2. The highest BCUT2D eigenvalue weighted by molar-refractivity contribution is 5.31. The molecule has 2 aromatic carbocycles. The number of nitrogens with zero attached hydrogens (tertiary/aromatic N) is 4. The van der Waals surface area contributed by atoms with Gasteiger partial charge in [0.2, 0.25) is 0 Å². The molecule has 0 saturated heterocycles. The Morgan fingerprint density at radius 1 is 1.00 bits per heavy atom. The Hall–Kier alpha value is -3.07. The third-order valence-corrected chi connectivity index (χ3v) is 3.45. The summed E-state index contributed by atoms with van der Waals surface area (Å²) >= 11 is 0. The summed E-state index contributed by atoms with van der Waals surface area (Å²) in [6.07, 6.45) is 0.394. The molecular weight excluding hydrogens is 298 g/mol. The lowest BCUT2D eigenvalue weighted by Crippen LogP contribution is -2.08. The zero-order valence-corrected chi connectivity index (χ0v) is 12.1. The molecule has 0 fully saturated rings. The molecule has 0 amide bonds. The molecular formula is C17H12F2N4. The van der Waals surface area contributed by atoms with E-state index in [0.29, 0.717) is 18.7 Å². The zero-order valence-electron chi connectivity index (χ0n) is 12.1. The standard InChI is InChI=1S/C17H12F2N4/c18-14-6-4-12(5-7-14)9-17-16(10-20)21-22-23(17)11-13-2-1-3-15(19)8-13/h1-8H,9,11H2. The van der Waals surface area contributed by atoms with Gasteiger partial charge in [0.25, 0.3) is 0 Å². The average Bonchev–Trinajstić information content (AvgIpc) is 2.91. The van der Waals surface area contributed by atoms with Crippen molar-refractivity contribution < 1.29 is 8.78 Å². The van der Waals surface area contributed by atoms with Gasteiger partial charge in [-0.25, -0.2) is 13.5 Å². The average molecular weight is 310 g/mol. The van der Waals surface area contributed by atoms with Gasteiger partial charge in [-0.15, -0.1) is 5.10 Å². The van der Waals surface area contributed by atoms with Crippen molar-refractivity contribution in [3.8, 4) is 6.07 Å². The molecule has 0 bridgehead atoms. The molecule has 0 radical (unpaired) electrons. The van der Waals surface area contributed by atoms with Crippen LogP contribution in [0.5, 0.6) is 0 Å². The van der Waals surface area contributed by atoms with Crippen LogP contribution in [-0.2, 0) is 13.0 Å². The second-order valence-electron chi connectivity index (χ2n) is 5.09. The van der Waals surface area contributed by atoms with Crippen molar-refractivity contribution in [3.63, 3.8) is 0 Å². The van der Waals surface area contributed by atoms with Gasteiger partial charge in [-0.3, -0.25) is 0 Å². The normalized spacial score (nSPS) is 10.5. The number of aromatic nitrogens is 3. The summed E-state index contributed by atoms with van der Waals surface area (Å²) in [7, 11) is 0. The molecule has 0 aliphatic carbocycles. The van der Waals surface area contributed by atoms with Crippen LogP contribution >= 0.6 is 0 Å². The minimum Gasteiger partial charge on any atom is -0.243 e. The summed E-state index contributed by atoms with van der Waals surface area (Å²) in [6.45, 7) is 0.309. The number of hydrogen-bond donors (Lipinski definition) is 0. The summed E-state index contributed by atoms with van der Waals surface area (Å²) < 4.78 is 27.9. The minimum atomic E-state index is -0.330. The van der Waals surface area contributed by atoms with Gasteiger partial charge < -0.3 is 0 Å². The maximum Gasteiger partial charge on any atom is 0.186 e. The Bertz CT molecular complexity index is 863. The molecule has 0 N–H and O–H groups in total. The van der Waals surface area contributed by atoms with Gasteiger partial charge in [0.05, 0.1) is 12.2 Å². The van der Waals surface area contributed by atoms with E-state index in [9.17, 15) is 14.0 Å². The molecule has 114 valence electrons. The largest absolute Gasteiger partial charge is 0.243 e. The fraction of sp³-hybridized carbons (Fsp3) is 0.118. The fourth-order valence-electron chi connectivity index (χ4n) is 2.33. The van der Waals surface area contributed by atoms with E-state index in [4.69, 9.17) is 0 Å². The van der Waals surface area contributed by atoms with Gasteiger partial charge in [0.15, 0.2) is 5.69 Å². The van der Waals surface area contributed by atoms with E-state index in [-0.39, 0.29) is 17.3 Å². The first-order chi connectivity index (χ1) is 11.2. The molecule has 0 spiro atoms. The van der Waals surface area contributed by atoms with Crippen LogP contribution in [0.2, 0.25) is 0 Å². The van der Waals surface area contributed by atoms with E-state index in [0.717, 1.165) is 11.1 Å². The quantitative estimate of drug-likeness (QED) is 0.744. The van der Waals surface area contributed by atoms with Crippen LogP contribution in [0.25, 0.3) is 0 Å². The van der Waals surface area contributed by atoms with Crippen molar-refractivity contribution in [1.29, 1.82) is 5.26 Å². The van der Waals surface area contributed by atoms with Crippen molar-refractivity contribution >= 4 is 0 Å². The maximum atomic E-state index is 13.3. The van der Waals surface area contributed by atoms with E-state index in [1.54, 1.807) is 28.9 Å². The highest BCUT2D eigenvalue weighted by Gasteiger charge is 2.14. The maximum absolute atomic E-state index is 13.3. The summed E-state index contributed by atoms with van der Waals surface area (Å²) in [5, 5.41) is 17.0. The van der Waals surface area contributed by atoms with Crippen molar-refractivity contribution in [3.05, 3.63) is 82.7 Å². The summed E-state index contributed by atoms with van der Waals surface area (Å²) in [5.74, 6) is -0.649. The van der Waals surface area contributed by atoms with Gasteiger partial charge in [-0.2, -0.15) is 5.26 Å². The lowest BCUT2D eigenvalue weighted by molar-refractivity contribution is 0.605. The van der Waals surface area contributed by atoms with Gasteiger partial charge >= 0.3 is 0 Å². The molecule has 1 aromatic heterocycles. The molecule has 4 nitrogen and oxygen atoms in total. The van der Waals surface area contributed by atoms with Crippen LogP contribution in [0.4, 0.5) is 8.78 Å². The van der Waals surface area contributed by atoms with Crippen molar-refractivity contribution in [2.45, 2.75) is 13.0 Å². The predicted molar refractivity (Wildman–Crippen MR) is 79.4 cm³/mol. The highest BCUT2D eigenvalue weighted by atomic mass is 19.1. The topological polar surface area (TPSA) is 54.5 Å². The van der Waals surface area contributed by atoms with Crippen molar-refractivity contribution in [1.82, 2.24) is 15.0 Å². The second-order valence-corrected chi connectivity index (χ2v) is 5.09. The SMILES string of the molecule is N#Cc1nnn(Cc2cccc(F)c2)c1Cc1ccc(F)cc1. The molecule has 0 saturated carbocycles. The van der Waals surface area contributed by atoms with E-state index in [2.05, 4.69) is 10.3 Å². The fourth-order valence-corrected chi connectivity index (χ4v) is 2.33. The van der Waals surface area contributed by atoms with Gasteiger partial charge in [0.1, 0.15) is 17.7 Å². The Morgan fingerprint density at radius 2 is 1.78 bits per heavy atom. The summed E-state index contributed by atoms with van der Waals surface area (Å²) in [4.78, 5) is 0. The van der Waals surface area contributed by atoms with Gasteiger partial charge in [0, 0.05) is 6.42 Å². The van der Waals surface area contributed by atoms with E-state index < -0.39 is 0 Å². The van der Waals surface area contributed by atoms with Crippen LogP contribution in [0.3, 0.4) is 0 Å². The van der Waals surface area contributed by atoms with Crippen molar-refractivity contribution in [2.24, 2.45) is 0 Å².